The molecule has 0 aliphatic carbocycles. The van der Waals surface area contributed by atoms with E-state index in [2.05, 4.69) is 21.2 Å². The van der Waals surface area contributed by atoms with Gasteiger partial charge in [-0.1, -0.05) is 34.1 Å². The topological polar surface area (TPSA) is 67.9 Å². The van der Waals surface area contributed by atoms with Gasteiger partial charge < -0.3 is 19.7 Å². The fourth-order valence-electron chi connectivity index (χ4n) is 3.65. The Labute approximate surface area is 195 Å². The van der Waals surface area contributed by atoms with Crippen LogP contribution in [-0.2, 0) is 17.8 Å². The number of benzene rings is 3. The van der Waals surface area contributed by atoms with E-state index in [1.165, 1.54) is 0 Å². The molecule has 0 fully saturated rings. The molecule has 0 spiro atoms. The third-order valence-corrected chi connectivity index (χ3v) is 5.83. The van der Waals surface area contributed by atoms with Gasteiger partial charge in [-0.2, -0.15) is 0 Å². The van der Waals surface area contributed by atoms with Crippen LogP contribution in [0.4, 0.5) is 5.69 Å². The first-order chi connectivity index (χ1) is 15.5. The molecule has 0 unspecified atom stereocenters. The smallest absolute Gasteiger partial charge is 0.262 e. The fourth-order valence-corrected chi connectivity index (χ4v) is 3.92. The van der Waals surface area contributed by atoms with Crippen LogP contribution in [0.25, 0.3) is 0 Å². The molecule has 3 aromatic rings. The summed E-state index contributed by atoms with van der Waals surface area (Å²) >= 11 is 3.43. The summed E-state index contributed by atoms with van der Waals surface area (Å²) in [4.78, 5) is 27.2. The van der Waals surface area contributed by atoms with Crippen molar-refractivity contribution in [3.05, 3.63) is 87.9 Å². The molecule has 0 atom stereocenters. The van der Waals surface area contributed by atoms with Gasteiger partial charge in [-0.15, -0.1) is 0 Å². The molecule has 6 nitrogen and oxygen atoms in total. The van der Waals surface area contributed by atoms with Crippen LogP contribution in [-0.4, -0.2) is 37.0 Å². The number of carbonyl (C=O) groups excluding carboxylic acids is 2. The molecular formula is C25H23BrN2O4. The first-order valence-corrected chi connectivity index (χ1v) is 11.0. The van der Waals surface area contributed by atoms with E-state index in [4.69, 9.17) is 9.47 Å². The monoisotopic (exact) mass is 494 g/mol. The van der Waals surface area contributed by atoms with E-state index >= 15 is 0 Å². The van der Waals surface area contributed by atoms with Gasteiger partial charge in [0.25, 0.3) is 11.8 Å². The molecule has 164 valence electrons. The summed E-state index contributed by atoms with van der Waals surface area (Å²) in [7, 11) is 1.59. The largest absolute Gasteiger partial charge is 0.497 e. The highest BCUT2D eigenvalue weighted by molar-refractivity contribution is 9.10. The molecule has 32 heavy (non-hydrogen) atoms. The zero-order valence-electron chi connectivity index (χ0n) is 17.6. The Balaban J connectivity index is 1.39. The molecule has 0 saturated carbocycles. The molecule has 0 radical (unpaired) electrons. The highest BCUT2D eigenvalue weighted by Gasteiger charge is 2.26. The number of nitrogens with zero attached hydrogens (tertiary/aromatic N) is 1. The van der Waals surface area contributed by atoms with Gasteiger partial charge in [0.15, 0.2) is 6.61 Å². The first-order valence-electron chi connectivity index (χ1n) is 10.3. The van der Waals surface area contributed by atoms with Crippen molar-refractivity contribution in [1.82, 2.24) is 4.90 Å². The molecule has 0 aromatic heterocycles. The number of halogens is 1. The highest BCUT2D eigenvalue weighted by atomic mass is 79.9. The van der Waals surface area contributed by atoms with Crippen molar-refractivity contribution in [3.8, 4) is 11.5 Å². The summed E-state index contributed by atoms with van der Waals surface area (Å²) in [5.41, 5.74) is 3.21. The maximum atomic E-state index is 13.0. The number of rotatable bonds is 7. The number of ether oxygens (including phenoxy) is 2. The second-order valence-electron chi connectivity index (χ2n) is 7.45. The molecule has 2 amide bonds. The van der Waals surface area contributed by atoms with Crippen LogP contribution >= 0.6 is 15.9 Å². The van der Waals surface area contributed by atoms with E-state index in [1.54, 1.807) is 43.5 Å². The first kappa shape index (κ1) is 21.9. The molecule has 1 heterocycles. The molecule has 1 aliphatic rings. The number of hydrogen-bond donors (Lipinski definition) is 1. The van der Waals surface area contributed by atoms with Crippen LogP contribution in [0.5, 0.6) is 11.5 Å². The number of carbonyl (C=O) groups is 2. The van der Waals surface area contributed by atoms with Gasteiger partial charge in [0.2, 0.25) is 0 Å². The third kappa shape index (κ3) is 5.11. The molecule has 0 saturated heterocycles. The minimum atomic E-state index is -0.272. The van der Waals surface area contributed by atoms with Crippen molar-refractivity contribution in [1.29, 1.82) is 0 Å². The molecule has 0 bridgehead atoms. The second-order valence-corrected chi connectivity index (χ2v) is 8.37. The van der Waals surface area contributed by atoms with Crippen LogP contribution in [0.15, 0.2) is 71.2 Å². The lowest BCUT2D eigenvalue weighted by atomic mass is 9.97. The van der Waals surface area contributed by atoms with Crippen molar-refractivity contribution in [3.63, 3.8) is 0 Å². The second kappa shape index (κ2) is 9.87. The van der Waals surface area contributed by atoms with Crippen LogP contribution in [0.1, 0.15) is 21.5 Å². The van der Waals surface area contributed by atoms with Crippen LogP contribution in [0, 0.1) is 0 Å². The van der Waals surface area contributed by atoms with E-state index in [0.29, 0.717) is 42.3 Å². The number of methoxy groups -OCH3 is 1. The number of hydrogen-bond acceptors (Lipinski definition) is 4. The predicted octanol–water partition coefficient (Wildman–Crippen LogP) is 4.67. The number of anilines is 1. The van der Waals surface area contributed by atoms with Crippen molar-refractivity contribution in [2.45, 2.75) is 13.0 Å². The van der Waals surface area contributed by atoms with Gasteiger partial charge in [0.05, 0.1) is 7.11 Å². The van der Waals surface area contributed by atoms with Crippen molar-refractivity contribution in [2.75, 3.05) is 25.6 Å². The zero-order chi connectivity index (χ0) is 22.5. The quantitative estimate of drug-likeness (QED) is 0.517. The van der Waals surface area contributed by atoms with Gasteiger partial charge in [-0.3, -0.25) is 9.59 Å². The Morgan fingerprint density at radius 2 is 1.81 bits per heavy atom. The highest BCUT2D eigenvalue weighted by Crippen LogP contribution is 2.29. The fraction of sp³-hybridized carbons (Fsp3) is 0.200. The Hall–Kier alpha value is -3.32. The lowest BCUT2D eigenvalue weighted by Crippen LogP contribution is -2.37. The maximum absolute atomic E-state index is 13.0. The Kier molecular flexibility index (Phi) is 6.75. The summed E-state index contributed by atoms with van der Waals surface area (Å²) in [6.45, 7) is 1.01. The zero-order valence-corrected chi connectivity index (χ0v) is 19.2. The molecule has 7 heteroatoms. The summed E-state index contributed by atoms with van der Waals surface area (Å²) in [5.74, 6) is 0.993. The van der Waals surface area contributed by atoms with Crippen molar-refractivity contribution < 1.29 is 19.1 Å². The number of nitrogens with one attached hydrogen (secondary N) is 1. The van der Waals surface area contributed by atoms with Crippen LogP contribution in [0.2, 0.25) is 0 Å². The van der Waals surface area contributed by atoms with Gasteiger partial charge in [-0.25, -0.2) is 0 Å². The van der Waals surface area contributed by atoms with Gasteiger partial charge in [0, 0.05) is 34.4 Å². The summed E-state index contributed by atoms with van der Waals surface area (Å²) in [5, 5.41) is 2.79. The Morgan fingerprint density at radius 1 is 1.06 bits per heavy atom. The molecule has 3 aromatic carbocycles. The minimum absolute atomic E-state index is 0.0256. The Bertz CT molecular complexity index is 1110. The van der Waals surface area contributed by atoms with E-state index in [9.17, 15) is 9.59 Å². The van der Waals surface area contributed by atoms with Crippen molar-refractivity contribution in [2.24, 2.45) is 0 Å². The SMILES string of the molecule is COc1ccc(NC(=O)COc2cccc3c2CCN(Cc2ccc(Br)cc2)C3=O)cc1. The average Bonchev–Trinajstić information content (AvgIpc) is 2.81. The van der Waals surface area contributed by atoms with Gasteiger partial charge in [-0.05, 0) is 60.5 Å². The van der Waals surface area contributed by atoms with Crippen LogP contribution < -0.4 is 14.8 Å². The molecule has 1 N–H and O–H groups in total. The summed E-state index contributed by atoms with van der Waals surface area (Å²) in [6, 6.07) is 20.4. The third-order valence-electron chi connectivity index (χ3n) is 5.30. The van der Waals surface area contributed by atoms with Gasteiger partial charge in [0.1, 0.15) is 11.5 Å². The van der Waals surface area contributed by atoms with E-state index in [0.717, 1.165) is 15.6 Å². The van der Waals surface area contributed by atoms with Crippen molar-refractivity contribution >= 4 is 33.4 Å². The average molecular weight is 495 g/mol. The molecule has 4 rings (SSSR count). The Morgan fingerprint density at radius 3 is 2.53 bits per heavy atom. The number of amides is 2. The maximum Gasteiger partial charge on any atom is 0.262 e. The number of fused-ring (bicyclic) bond motifs is 1. The standard InChI is InChI=1S/C25H23BrN2O4/c1-31-20-11-9-19(10-12-20)27-24(29)16-32-23-4-2-3-22-21(23)13-14-28(25(22)30)15-17-5-7-18(26)8-6-17/h2-12H,13-16H2,1H3,(H,27,29). The molecule has 1 aliphatic heterocycles. The summed E-state index contributed by atoms with van der Waals surface area (Å²) in [6.07, 6.45) is 0.674. The van der Waals surface area contributed by atoms with Crippen LogP contribution in [0.3, 0.4) is 0 Å². The van der Waals surface area contributed by atoms with Gasteiger partial charge >= 0.3 is 0 Å². The van der Waals surface area contributed by atoms with E-state index in [-0.39, 0.29) is 18.4 Å². The molecular weight excluding hydrogens is 472 g/mol. The lowest BCUT2D eigenvalue weighted by molar-refractivity contribution is -0.118. The minimum Gasteiger partial charge on any atom is -0.497 e. The normalized spacial score (nSPS) is 12.8. The summed E-state index contributed by atoms with van der Waals surface area (Å²) < 4.78 is 11.9. The van der Waals surface area contributed by atoms with E-state index in [1.807, 2.05) is 35.2 Å². The predicted molar refractivity (Wildman–Crippen MR) is 126 cm³/mol. The lowest BCUT2D eigenvalue weighted by Gasteiger charge is -2.29. The van der Waals surface area contributed by atoms with E-state index < -0.39 is 0 Å².